The summed E-state index contributed by atoms with van der Waals surface area (Å²) in [5.74, 6) is 0. The van der Waals surface area contributed by atoms with Crippen LogP contribution in [-0.2, 0) is 0 Å². The molecule has 0 aromatic carbocycles. The van der Waals surface area contributed by atoms with Gasteiger partial charge in [-0.1, -0.05) is 91.9 Å². The van der Waals surface area contributed by atoms with Crippen LogP contribution in [0, 0.1) is 0 Å². The van der Waals surface area contributed by atoms with Crippen LogP contribution in [0.3, 0.4) is 0 Å². The summed E-state index contributed by atoms with van der Waals surface area (Å²) in [5.41, 5.74) is 0. The highest BCUT2D eigenvalue weighted by Crippen LogP contribution is 2.17. The van der Waals surface area contributed by atoms with Crippen LogP contribution in [0.2, 0.25) is 0 Å². The van der Waals surface area contributed by atoms with Gasteiger partial charge in [0.05, 0.1) is 53.4 Å². The Morgan fingerprint density at radius 2 is 0.421 bits per heavy atom. The second-order valence-corrected chi connectivity index (χ2v) is 12.9. The van der Waals surface area contributed by atoms with Gasteiger partial charge in [0.15, 0.2) is 0 Å². The third-order valence-corrected chi connectivity index (χ3v) is 8.85. The fraction of sp³-hybridized carbons (Fsp3) is 1.00. The molecular weight excluding hydrogens is 596 g/mol. The van der Waals surface area contributed by atoms with E-state index in [0.717, 1.165) is 0 Å². The summed E-state index contributed by atoms with van der Waals surface area (Å²) in [6.07, 6.45) is 31.3. The first-order valence-corrected chi connectivity index (χ1v) is 17.1. The third-order valence-electron chi connectivity index (χ3n) is 8.85. The fourth-order valence-corrected chi connectivity index (χ4v) is 6.05. The maximum atomic E-state index is 2.57. The van der Waals surface area contributed by atoms with Crippen molar-refractivity contribution >= 4 is 0 Å². The Bertz CT molecular complexity index is 380. The predicted octanol–water partition coefficient (Wildman–Crippen LogP) is 4.55. The van der Waals surface area contributed by atoms with Crippen LogP contribution in [0.25, 0.3) is 0 Å². The molecule has 0 rings (SSSR count). The summed E-state index contributed by atoms with van der Waals surface area (Å²) >= 11 is 0. The number of rotatable bonds is 29. The summed E-state index contributed by atoms with van der Waals surface area (Å²) in [6.45, 7) is 17.8. The van der Waals surface area contributed by atoms with Crippen LogP contribution in [0.1, 0.15) is 169 Å². The molecule has 0 aliphatic rings. The molecule has 0 aromatic rings. The maximum Gasteiger partial charge on any atom is 0.0784 e. The van der Waals surface area contributed by atoms with E-state index in [4.69, 9.17) is 0 Å². The highest BCUT2D eigenvalue weighted by molar-refractivity contribution is 4.52. The van der Waals surface area contributed by atoms with E-state index in [1.165, 1.54) is 189 Å². The van der Waals surface area contributed by atoms with E-state index in [9.17, 15) is 0 Å². The zero-order valence-electron chi connectivity index (χ0n) is 27.4. The summed E-state index contributed by atoms with van der Waals surface area (Å²) in [7, 11) is 5.13. The van der Waals surface area contributed by atoms with Gasteiger partial charge in [-0.15, -0.1) is 0 Å². The molecule has 4 heteroatoms. The largest absolute Gasteiger partial charge is 1.00 e. The lowest BCUT2D eigenvalue weighted by molar-refractivity contribution is -0.910. The molecule has 0 aliphatic heterocycles. The molecule has 0 radical (unpaired) electrons. The van der Waals surface area contributed by atoms with Crippen molar-refractivity contribution in [1.29, 1.82) is 0 Å². The zero-order chi connectivity index (χ0) is 26.8. The van der Waals surface area contributed by atoms with Crippen molar-refractivity contribution in [1.82, 2.24) is 0 Å². The van der Waals surface area contributed by atoms with Crippen molar-refractivity contribution in [3.63, 3.8) is 0 Å². The van der Waals surface area contributed by atoms with Gasteiger partial charge in [0.2, 0.25) is 0 Å². The number of hydrogen-bond donors (Lipinski definition) is 0. The second-order valence-electron chi connectivity index (χ2n) is 12.9. The molecule has 0 aromatic heterocycles. The normalized spacial score (nSPS) is 11.8. The topological polar surface area (TPSA) is 0 Å². The Morgan fingerprint density at radius 3 is 0.605 bits per heavy atom. The minimum absolute atomic E-state index is 0. The Labute approximate surface area is 264 Å². The van der Waals surface area contributed by atoms with E-state index in [2.05, 4.69) is 41.8 Å². The van der Waals surface area contributed by atoms with Gasteiger partial charge in [0.25, 0.3) is 0 Å². The van der Waals surface area contributed by atoms with E-state index < -0.39 is 0 Å². The Morgan fingerprint density at radius 1 is 0.263 bits per heavy atom. The SMILES string of the molecule is CCCCCC[N+](C)(CCCCCC)CCCCCCCC[N+](C)(CCCCCC)CCCCCC.[Br-].[Br-]. The first kappa shape index (κ1) is 43.3. The molecule has 0 atom stereocenters. The monoisotopic (exact) mass is 668 g/mol. The number of hydrogen-bond acceptors (Lipinski definition) is 0. The molecule has 0 saturated carbocycles. The summed E-state index contributed by atoms with van der Waals surface area (Å²) in [6, 6.07) is 0. The van der Waals surface area contributed by atoms with Gasteiger partial charge in [-0.2, -0.15) is 0 Å². The molecule has 0 bridgehead atoms. The van der Waals surface area contributed by atoms with E-state index in [-0.39, 0.29) is 34.0 Å². The van der Waals surface area contributed by atoms with E-state index in [0.29, 0.717) is 0 Å². The molecule has 0 spiro atoms. The highest BCUT2D eigenvalue weighted by atomic mass is 79.9. The third kappa shape index (κ3) is 27.1. The molecule has 38 heavy (non-hydrogen) atoms. The summed E-state index contributed by atoms with van der Waals surface area (Å²) in [4.78, 5) is 0. The number of halogens is 2. The Balaban J connectivity index is -0.00000612. The van der Waals surface area contributed by atoms with Crippen LogP contribution < -0.4 is 34.0 Å². The Kier molecular flexibility index (Phi) is 35.2. The van der Waals surface area contributed by atoms with Gasteiger partial charge in [0.1, 0.15) is 0 Å². The highest BCUT2D eigenvalue weighted by Gasteiger charge is 2.21. The average molecular weight is 671 g/mol. The van der Waals surface area contributed by atoms with Gasteiger partial charge in [-0.3, -0.25) is 0 Å². The second kappa shape index (κ2) is 30.8. The molecule has 0 unspecified atom stereocenters. The lowest BCUT2D eigenvalue weighted by Crippen LogP contribution is -3.00. The van der Waals surface area contributed by atoms with E-state index in [1.54, 1.807) is 0 Å². The molecule has 0 N–H and O–H groups in total. The smallest absolute Gasteiger partial charge is 0.0784 e. The quantitative estimate of drug-likeness (QED) is 0.0810. The fourth-order valence-electron chi connectivity index (χ4n) is 6.05. The van der Waals surface area contributed by atoms with Crippen molar-refractivity contribution in [2.24, 2.45) is 0 Å². The van der Waals surface area contributed by atoms with Crippen molar-refractivity contribution < 1.29 is 42.9 Å². The molecule has 0 fully saturated rings. The van der Waals surface area contributed by atoms with E-state index >= 15 is 0 Å². The molecular formula is C34H74Br2N2. The van der Waals surface area contributed by atoms with Gasteiger partial charge in [0, 0.05) is 0 Å². The molecule has 0 heterocycles. The predicted molar refractivity (Wildman–Crippen MR) is 166 cm³/mol. The van der Waals surface area contributed by atoms with Crippen LogP contribution in [0.15, 0.2) is 0 Å². The molecule has 0 amide bonds. The average Bonchev–Trinajstić information content (AvgIpc) is 2.87. The summed E-state index contributed by atoms with van der Waals surface area (Å²) in [5, 5.41) is 0. The number of unbranched alkanes of at least 4 members (excludes halogenated alkanes) is 17. The lowest BCUT2D eigenvalue weighted by atomic mass is 10.1. The lowest BCUT2D eigenvalue weighted by Gasteiger charge is -2.35. The van der Waals surface area contributed by atoms with Crippen molar-refractivity contribution in [2.75, 3.05) is 53.4 Å². The molecule has 0 saturated heterocycles. The first-order valence-electron chi connectivity index (χ1n) is 17.1. The minimum atomic E-state index is 0. The standard InChI is InChI=1S/C34H74N2.2BrH/c1-7-11-15-23-29-35(5,30-24-16-12-8-2)33-27-21-19-20-22-28-34-36(6,31-25-17-13-9-3)32-26-18-14-10-4;;/h7-34H2,1-6H3;2*1H/q+2;;/p-2. The van der Waals surface area contributed by atoms with Crippen molar-refractivity contribution in [3.8, 4) is 0 Å². The van der Waals surface area contributed by atoms with Gasteiger partial charge in [-0.05, 0) is 77.0 Å². The van der Waals surface area contributed by atoms with Crippen LogP contribution in [0.5, 0.6) is 0 Å². The van der Waals surface area contributed by atoms with Crippen molar-refractivity contribution in [3.05, 3.63) is 0 Å². The number of nitrogens with zero attached hydrogens (tertiary/aromatic N) is 2. The Hall–Kier alpha value is 0.880. The van der Waals surface area contributed by atoms with Crippen molar-refractivity contribution in [2.45, 2.75) is 169 Å². The minimum Gasteiger partial charge on any atom is -1.00 e. The molecule has 0 aliphatic carbocycles. The van der Waals surface area contributed by atoms with Gasteiger partial charge >= 0.3 is 0 Å². The van der Waals surface area contributed by atoms with Gasteiger partial charge < -0.3 is 42.9 Å². The molecule has 234 valence electrons. The van der Waals surface area contributed by atoms with E-state index in [1.807, 2.05) is 0 Å². The maximum absolute atomic E-state index is 2.57. The van der Waals surface area contributed by atoms with Gasteiger partial charge in [-0.25, -0.2) is 0 Å². The van der Waals surface area contributed by atoms with Crippen LogP contribution in [0.4, 0.5) is 0 Å². The molecule has 2 nitrogen and oxygen atoms in total. The summed E-state index contributed by atoms with van der Waals surface area (Å²) < 4.78 is 2.69. The van der Waals surface area contributed by atoms with Crippen LogP contribution >= 0.6 is 0 Å². The first-order chi connectivity index (χ1) is 17.4. The van der Waals surface area contributed by atoms with Crippen LogP contribution in [-0.4, -0.2) is 62.3 Å². The zero-order valence-corrected chi connectivity index (χ0v) is 30.6. The number of quaternary nitrogens is 2.